The van der Waals surface area contributed by atoms with Crippen LogP contribution in [0.25, 0.3) is 0 Å². The SMILES string of the molecule is Cc1cccc(Oc2cc(C(=O)OCc3ccccc3)c(N)nc2C)n1. The van der Waals surface area contributed by atoms with Gasteiger partial charge in [0.1, 0.15) is 18.0 Å². The van der Waals surface area contributed by atoms with Crippen molar-refractivity contribution in [3.8, 4) is 11.6 Å². The molecule has 2 aromatic heterocycles. The molecule has 0 bridgehead atoms. The molecular formula is C20H19N3O3. The Labute approximate surface area is 151 Å². The number of pyridine rings is 2. The summed E-state index contributed by atoms with van der Waals surface area (Å²) < 4.78 is 11.1. The Morgan fingerprint density at radius 2 is 1.81 bits per heavy atom. The van der Waals surface area contributed by atoms with Gasteiger partial charge in [0.2, 0.25) is 5.88 Å². The lowest BCUT2D eigenvalue weighted by Gasteiger charge is -2.12. The van der Waals surface area contributed by atoms with Crippen LogP contribution in [0.5, 0.6) is 11.6 Å². The van der Waals surface area contributed by atoms with E-state index in [-0.39, 0.29) is 18.0 Å². The summed E-state index contributed by atoms with van der Waals surface area (Å²) in [6, 6.07) is 16.4. The van der Waals surface area contributed by atoms with Crippen molar-refractivity contribution < 1.29 is 14.3 Å². The normalized spacial score (nSPS) is 10.4. The van der Waals surface area contributed by atoms with Gasteiger partial charge in [-0.1, -0.05) is 36.4 Å². The fraction of sp³-hybridized carbons (Fsp3) is 0.150. The Morgan fingerprint density at radius 1 is 1.04 bits per heavy atom. The molecule has 0 aliphatic rings. The van der Waals surface area contributed by atoms with Crippen LogP contribution in [0.1, 0.15) is 27.3 Å². The van der Waals surface area contributed by atoms with Gasteiger partial charge in [0.05, 0.1) is 5.69 Å². The molecule has 0 radical (unpaired) electrons. The number of carbonyl (C=O) groups excluding carboxylic acids is 1. The van der Waals surface area contributed by atoms with Gasteiger partial charge in [-0.3, -0.25) is 0 Å². The zero-order valence-electron chi connectivity index (χ0n) is 14.6. The molecule has 132 valence electrons. The van der Waals surface area contributed by atoms with Gasteiger partial charge >= 0.3 is 5.97 Å². The van der Waals surface area contributed by atoms with Crippen LogP contribution in [-0.2, 0) is 11.3 Å². The Kier molecular flexibility index (Phi) is 5.12. The third-order valence-corrected chi connectivity index (χ3v) is 3.71. The van der Waals surface area contributed by atoms with E-state index in [1.54, 1.807) is 13.0 Å². The van der Waals surface area contributed by atoms with Crippen LogP contribution in [-0.4, -0.2) is 15.9 Å². The monoisotopic (exact) mass is 349 g/mol. The van der Waals surface area contributed by atoms with Crippen molar-refractivity contribution in [2.45, 2.75) is 20.5 Å². The highest BCUT2D eigenvalue weighted by molar-refractivity contribution is 5.94. The molecule has 6 heteroatoms. The average molecular weight is 349 g/mol. The van der Waals surface area contributed by atoms with Crippen LogP contribution >= 0.6 is 0 Å². The molecule has 0 atom stereocenters. The molecule has 3 aromatic rings. The molecule has 0 fully saturated rings. The van der Waals surface area contributed by atoms with E-state index >= 15 is 0 Å². The number of benzene rings is 1. The van der Waals surface area contributed by atoms with Gasteiger partial charge in [-0.05, 0) is 25.5 Å². The first-order chi connectivity index (χ1) is 12.5. The van der Waals surface area contributed by atoms with Crippen LogP contribution in [0.4, 0.5) is 5.82 Å². The third-order valence-electron chi connectivity index (χ3n) is 3.71. The molecule has 0 aliphatic carbocycles. The molecule has 0 amide bonds. The van der Waals surface area contributed by atoms with E-state index in [2.05, 4.69) is 9.97 Å². The highest BCUT2D eigenvalue weighted by Crippen LogP contribution is 2.27. The van der Waals surface area contributed by atoms with Crippen LogP contribution < -0.4 is 10.5 Å². The van der Waals surface area contributed by atoms with E-state index in [4.69, 9.17) is 15.2 Å². The number of anilines is 1. The van der Waals surface area contributed by atoms with Crippen molar-refractivity contribution in [1.29, 1.82) is 0 Å². The van der Waals surface area contributed by atoms with Crippen molar-refractivity contribution in [3.05, 3.63) is 77.1 Å². The maximum atomic E-state index is 12.4. The molecule has 0 aliphatic heterocycles. The number of rotatable bonds is 5. The van der Waals surface area contributed by atoms with Crippen molar-refractivity contribution in [2.75, 3.05) is 5.73 Å². The van der Waals surface area contributed by atoms with Crippen LogP contribution in [0.15, 0.2) is 54.6 Å². The summed E-state index contributed by atoms with van der Waals surface area (Å²) in [6.45, 7) is 3.77. The second-order valence-electron chi connectivity index (χ2n) is 5.79. The van der Waals surface area contributed by atoms with Crippen molar-refractivity contribution in [1.82, 2.24) is 9.97 Å². The topological polar surface area (TPSA) is 87.3 Å². The first-order valence-electron chi connectivity index (χ1n) is 8.12. The molecule has 0 saturated carbocycles. The number of hydrogen-bond donors (Lipinski definition) is 1. The molecule has 0 spiro atoms. The second kappa shape index (κ2) is 7.65. The minimum atomic E-state index is -0.555. The Morgan fingerprint density at radius 3 is 2.54 bits per heavy atom. The second-order valence-corrected chi connectivity index (χ2v) is 5.79. The predicted molar refractivity (Wildman–Crippen MR) is 98.0 cm³/mol. The zero-order valence-corrected chi connectivity index (χ0v) is 14.6. The number of carbonyl (C=O) groups is 1. The number of nitrogens with zero attached hydrogens (tertiary/aromatic N) is 2. The molecule has 6 nitrogen and oxygen atoms in total. The van der Waals surface area contributed by atoms with Crippen molar-refractivity contribution in [2.24, 2.45) is 0 Å². The number of ether oxygens (including phenoxy) is 2. The quantitative estimate of drug-likeness (QED) is 0.705. The van der Waals surface area contributed by atoms with Gasteiger partial charge in [-0.15, -0.1) is 0 Å². The molecule has 2 N–H and O–H groups in total. The number of aromatic nitrogens is 2. The lowest BCUT2D eigenvalue weighted by Crippen LogP contribution is -2.11. The predicted octanol–water partition coefficient (Wildman–Crippen LogP) is 3.82. The number of hydrogen-bond acceptors (Lipinski definition) is 6. The van der Waals surface area contributed by atoms with Gasteiger partial charge in [-0.2, -0.15) is 0 Å². The van der Waals surface area contributed by atoms with Gasteiger partial charge in [0.25, 0.3) is 0 Å². The highest BCUT2D eigenvalue weighted by atomic mass is 16.5. The Balaban J connectivity index is 1.79. The lowest BCUT2D eigenvalue weighted by atomic mass is 10.2. The largest absolute Gasteiger partial charge is 0.457 e. The Hall–Kier alpha value is -3.41. The van der Waals surface area contributed by atoms with Crippen molar-refractivity contribution >= 4 is 11.8 Å². The minimum Gasteiger partial charge on any atom is -0.457 e. The van der Waals surface area contributed by atoms with E-state index in [1.807, 2.05) is 49.4 Å². The average Bonchev–Trinajstić information content (AvgIpc) is 2.63. The van der Waals surface area contributed by atoms with E-state index < -0.39 is 5.97 Å². The standard InChI is InChI=1S/C20H19N3O3/c1-13-7-6-10-18(22-13)26-17-11-16(19(21)23-14(17)2)20(24)25-12-15-8-4-3-5-9-15/h3-11H,12H2,1-2H3,(H2,21,23). The summed E-state index contributed by atoms with van der Waals surface area (Å²) in [4.78, 5) is 20.9. The summed E-state index contributed by atoms with van der Waals surface area (Å²) in [5.41, 5.74) is 8.33. The minimum absolute atomic E-state index is 0.102. The number of nitrogens with two attached hydrogens (primary N) is 1. The molecule has 26 heavy (non-hydrogen) atoms. The zero-order chi connectivity index (χ0) is 18.5. The highest BCUT2D eigenvalue weighted by Gasteiger charge is 2.17. The molecular weight excluding hydrogens is 330 g/mol. The van der Waals surface area contributed by atoms with Crippen LogP contribution in [0.3, 0.4) is 0 Å². The summed E-state index contributed by atoms with van der Waals surface area (Å²) in [6.07, 6.45) is 0. The molecule has 0 saturated heterocycles. The van der Waals surface area contributed by atoms with Crippen LogP contribution in [0.2, 0.25) is 0 Å². The van der Waals surface area contributed by atoms with Gasteiger partial charge in [0.15, 0.2) is 5.75 Å². The van der Waals surface area contributed by atoms with E-state index in [0.29, 0.717) is 17.3 Å². The van der Waals surface area contributed by atoms with E-state index in [1.165, 1.54) is 6.07 Å². The third kappa shape index (κ3) is 4.16. The summed E-state index contributed by atoms with van der Waals surface area (Å²) in [5, 5.41) is 0. The van der Waals surface area contributed by atoms with Gasteiger partial charge in [-0.25, -0.2) is 14.8 Å². The number of nitrogen functional groups attached to an aromatic ring is 1. The molecule has 0 unspecified atom stereocenters. The molecule has 2 heterocycles. The van der Waals surface area contributed by atoms with Gasteiger partial charge in [0, 0.05) is 17.8 Å². The number of aryl methyl sites for hydroxylation is 2. The maximum Gasteiger partial charge on any atom is 0.342 e. The number of esters is 1. The molecule has 1 aromatic carbocycles. The van der Waals surface area contributed by atoms with E-state index in [9.17, 15) is 4.79 Å². The Bertz CT molecular complexity index is 927. The maximum absolute atomic E-state index is 12.4. The molecule has 3 rings (SSSR count). The lowest BCUT2D eigenvalue weighted by molar-refractivity contribution is 0.0473. The van der Waals surface area contributed by atoms with E-state index in [0.717, 1.165) is 11.3 Å². The fourth-order valence-corrected chi connectivity index (χ4v) is 2.36. The fourth-order valence-electron chi connectivity index (χ4n) is 2.36. The summed E-state index contributed by atoms with van der Waals surface area (Å²) in [7, 11) is 0. The first kappa shape index (κ1) is 17.4. The first-order valence-corrected chi connectivity index (χ1v) is 8.12. The summed E-state index contributed by atoms with van der Waals surface area (Å²) >= 11 is 0. The summed E-state index contributed by atoms with van der Waals surface area (Å²) in [5.74, 6) is 0.373. The van der Waals surface area contributed by atoms with Crippen molar-refractivity contribution in [3.63, 3.8) is 0 Å². The van der Waals surface area contributed by atoms with Gasteiger partial charge < -0.3 is 15.2 Å². The smallest absolute Gasteiger partial charge is 0.342 e. The van der Waals surface area contributed by atoms with Crippen LogP contribution in [0, 0.1) is 13.8 Å².